The van der Waals surface area contributed by atoms with Gasteiger partial charge in [-0.25, -0.2) is 9.78 Å². The van der Waals surface area contributed by atoms with Crippen LogP contribution in [0.15, 0.2) is 58.2 Å². The molecule has 0 radical (unpaired) electrons. The molecule has 3 rings (SSSR count). The van der Waals surface area contributed by atoms with Crippen molar-refractivity contribution in [3.8, 4) is 11.5 Å². The largest absolute Gasteiger partial charge is 0.494 e. The summed E-state index contributed by atoms with van der Waals surface area (Å²) in [5.41, 5.74) is 1.21. The monoisotopic (exact) mass is 428 g/mol. The van der Waals surface area contributed by atoms with Crippen molar-refractivity contribution in [2.24, 2.45) is 0 Å². The number of pyridine rings is 1. The molecular weight excluding hydrogens is 404 g/mol. The number of aromatic nitrogens is 2. The Hall–Kier alpha value is -3.00. The average molecular weight is 429 g/mol. The van der Waals surface area contributed by atoms with Gasteiger partial charge in [-0.2, -0.15) is 0 Å². The second-order valence-electron chi connectivity index (χ2n) is 6.38. The van der Waals surface area contributed by atoms with Gasteiger partial charge in [0, 0.05) is 18.0 Å². The third-order valence-electron chi connectivity index (χ3n) is 3.91. The van der Waals surface area contributed by atoms with Gasteiger partial charge in [0.05, 0.1) is 17.9 Å². The van der Waals surface area contributed by atoms with E-state index in [1.807, 2.05) is 37.3 Å². The lowest BCUT2D eigenvalue weighted by Gasteiger charge is -2.10. The molecule has 0 N–H and O–H groups in total. The molecule has 0 aliphatic carbocycles. The number of rotatable bonds is 11. The van der Waals surface area contributed by atoms with Crippen LogP contribution in [0.3, 0.4) is 0 Å². The standard InChI is InChI=1S/C22H24N2O5S/c1-3-11-26-18-6-8-19(9-7-18)27-12-13-28-22(25)20-5-4-10-23-21(20)30-15-17-14-16(2)29-24-17/h4-10,14H,3,11-13,15H2,1-2H3. The Labute approximate surface area is 179 Å². The summed E-state index contributed by atoms with van der Waals surface area (Å²) < 4.78 is 21.6. The Morgan fingerprint density at radius 3 is 2.47 bits per heavy atom. The van der Waals surface area contributed by atoms with Crippen molar-refractivity contribution >= 4 is 17.7 Å². The van der Waals surface area contributed by atoms with Crippen molar-refractivity contribution in [2.45, 2.75) is 31.0 Å². The maximum atomic E-state index is 12.5. The lowest BCUT2D eigenvalue weighted by molar-refractivity contribution is 0.0445. The molecule has 158 valence electrons. The Kier molecular flexibility index (Phi) is 8.14. The highest BCUT2D eigenvalue weighted by molar-refractivity contribution is 7.98. The van der Waals surface area contributed by atoms with Crippen molar-refractivity contribution in [3.63, 3.8) is 0 Å². The molecule has 0 aliphatic heterocycles. The molecule has 0 aliphatic rings. The Morgan fingerprint density at radius 2 is 1.80 bits per heavy atom. The van der Waals surface area contributed by atoms with Gasteiger partial charge in [-0.05, 0) is 49.7 Å². The normalized spacial score (nSPS) is 10.6. The number of benzene rings is 1. The Morgan fingerprint density at radius 1 is 1.07 bits per heavy atom. The highest BCUT2D eigenvalue weighted by atomic mass is 32.2. The lowest BCUT2D eigenvalue weighted by atomic mass is 10.3. The number of esters is 1. The van der Waals surface area contributed by atoms with Crippen molar-refractivity contribution in [3.05, 3.63) is 65.7 Å². The van der Waals surface area contributed by atoms with Crippen LogP contribution in [0, 0.1) is 6.92 Å². The van der Waals surface area contributed by atoms with Crippen molar-refractivity contribution < 1.29 is 23.5 Å². The lowest BCUT2D eigenvalue weighted by Crippen LogP contribution is -2.13. The third kappa shape index (κ3) is 6.52. The van der Waals surface area contributed by atoms with E-state index in [4.69, 9.17) is 18.7 Å². The average Bonchev–Trinajstić information content (AvgIpc) is 3.20. The summed E-state index contributed by atoms with van der Waals surface area (Å²) in [5, 5.41) is 4.54. The summed E-state index contributed by atoms with van der Waals surface area (Å²) in [6, 6.07) is 12.6. The van der Waals surface area contributed by atoms with Crippen LogP contribution < -0.4 is 9.47 Å². The maximum absolute atomic E-state index is 12.5. The maximum Gasteiger partial charge on any atom is 0.341 e. The predicted molar refractivity (Wildman–Crippen MR) is 113 cm³/mol. The van der Waals surface area contributed by atoms with E-state index in [-0.39, 0.29) is 13.2 Å². The van der Waals surface area contributed by atoms with Crippen LogP contribution in [0.25, 0.3) is 0 Å². The first-order chi connectivity index (χ1) is 14.7. The van der Waals surface area contributed by atoms with Crippen LogP contribution in [0.2, 0.25) is 0 Å². The van der Waals surface area contributed by atoms with Crippen LogP contribution in [0.4, 0.5) is 0 Å². The fourth-order valence-electron chi connectivity index (χ4n) is 2.51. The van der Waals surface area contributed by atoms with Gasteiger partial charge in [-0.1, -0.05) is 23.8 Å². The topological polar surface area (TPSA) is 83.7 Å². The molecule has 0 bridgehead atoms. The zero-order valence-corrected chi connectivity index (χ0v) is 17.8. The molecule has 0 unspecified atom stereocenters. The molecule has 3 aromatic rings. The summed E-state index contributed by atoms with van der Waals surface area (Å²) in [4.78, 5) is 16.7. The van der Waals surface area contributed by atoms with E-state index < -0.39 is 5.97 Å². The quantitative estimate of drug-likeness (QED) is 0.247. The molecule has 0 spiro atoms. The van der Waals surface area contributed by atoms with E-state index in [2.05, 4.69) is 17.1 Å². The number of carbonyl (C=O) groups excluding carboxylic acids is 1. The summed E-state index contributed by atoms with van der Waals surface area (Å²) in [6.45, 7) is 4.96. The SMILES string of the molecule is CCCOc1ccc(OCCOC(=O)c2cccnc2SCc2cc(C)on2)cc1. The van der Waals surface area contributed by atoms with E-state index in [0.717, 1.165) is 23.6 Å². The van der Waals surface area contributed by atoms with Gasteiger partial charge in [0.1, 0.15) is 35.5 Å². The van der Waals surface area contributed by atoms with Gasteiger partial charge in [0.25, 0.3) is 0 Å². The van der Waals surface area contributed by atoms with E-state index in [1.165, 1.54) is 11.8 Å². The number of thioether (sulfide) groups is 1. The fourth-order valence-corrected chi connectivity index (χ4v) is 3.38. The summed E-state index contributed by atoms with van der Waals surface area (Å²) in [6.07, 6.45) is 2.60. The smallest absolute Gasteiger partial charge is 0.341 e. The Bertz CT molecular complexity index is 943. The Balaban J connectivity index is 1.45. The highest BCUT2D eigenvalue weighted by Crippen LogP contribution is 2.24. The van der Waals surface area contributed by atoms with Crippen LogP contribution in [-0.2, 0) is 10.5 Å². The molecule has 0 amide bonds. The van der Waals surface area contributed by atoms with Gasteiger partial charge < -0.3 is 18.7 Å². The molecule has 1 aromatic carbocycles. The molecule has 7 nitrogen and oxygen atoms in total. The molecule has 0 atom stereocenters. The fraction of sp³-hybridized carbons (Fsp3) is 0.318. The molecule has 0 saturated carbocycles. The van der Waals surface area contributed by atoms with E-state index in [0.29, 0.717) is 28.7 Å². The van der Waals surface area contributed by atoms with Crippen molar-refractivity contribution in [2.75, 3.05) is 19.8 Å². The van der Waals surface area contributed by atoms with E-state index >= 15 is 0 Å². The molecule has 0 fully saturated rings. The van der Waals surface area contributed by atoms with Crippen LogP contribution >= 0.6 is 11.8 Å². The number of aryl methyl sites for hydroxylation is 1. The second-order valence-corrected chi connectivity index (χ2v) is 7.34. The van der Waals surface area contributed by atoms with Crippen molar-refractivity contribution in [1.82, 2.24) is 10.1 Å². The molecule has 30 heavy (non-hydrogen) atoms. The van der Waals surface area contributed by atoms with Gasteiger partial charge in [-0.3, -0.25) is 0 Å². The van der Waals surface area contributed by atoms with E-state index in [1.54, 1.807) is 18.3 Å². The summed E-state index contributed by atoms with van der Waals surface area (Å²) in [7, 11) is 0. The molecular formula is C22H24N2O5S. The van der Waals surface area contributed by atoms with Crippen LogP contribution in [0.1, 0.15) is 35.2 Å². The summed E-state index contributed by atoms with van der Waals surface area (Å²) in [5.74, 6) is 2.35. The molecule has 2 aromatic heterocycles. The van der Waals surface area contributed by atoms with Crippen LogP contribution in [0.5, 0.6) is 11.5 Å². The minimum atomic E-state index is -0.436. The van der Waals surface area contributed by atoms with Gasteiger partial charge in [0.15, 0.2) is 0 Å². The molecule has 2 heterocycles. The zero-order chi connectivity index (χ0) is 21.2. The number of hydrogen-bond donors (Lipinski definition) is 0. The van der Waals surface area contributed by atoms with Crippen molar-refractivity contribution in [1.29, 1.82) is 0 Å². The first kappa shape index (κ1) is 21.7. The van der Waals surface area contributed by atoms with Gasteiger partial charge in [-0.15, -0.1) is 0 Å². The number of nitrogens with zero attached hydrogens (tertiary/aromatic N) is 2. The zero-order valence-electron chi connectivity index (χ0n) is 17.0. The molecule has 0 saturated heterocycles. The first-order valence-electron chi connectivity index (χ1n) is 9.68. The minimum absolute atomic E-state index is 0.133. The predicted octanol–water partition coefficient (Wildman–Crippen LogP) is 4.69. The van der Waals surface area contributed by atoms with Gasteiger partial charge >= 0.3 is 5.97 Å². The highest BCUT2D eigenvalue weighted by Gasteiger charge is 2.15. The number of ether oxygens (including phenoxy) is 3. The number of hydrogen-bond acceptors (Lipinski definition) is 8. The first-order valence-corrected chi connectivity index (χ1v) is 10.7. The van der Waals surface area contributed by atoms with E-state index in [9.17, 15) is 4.79 Å². The summed E-state index contributed by atoms with van der Waals surface area (Å²) >= 11 is 1.41. The molecule has 8 heteroatoms. The minimum Gasteiger partial charge on any atom is -0.494 e. The van der Waals surface area contributed by atoms with Crippen LogP contribution in [-0.4, -0.2) is 35.9 Å². The second kappa shape index (κ2) is 11.3. The van der Waals surface area contributed by atoms with Gasteiger partial charge in [0.2, 0.25) is 0 Å². The number of carbonyl (C=O) groups is 1. The third-order valence-corrected chi connectivity index (χ3v) is 4.95.